The van der Waals surface area contributed by atoms with Gasteiger partial charge in [0.2, 0.25) is 0 Å². The Morgan fingerprint density at radius 3 is 2.86 bits per heavy atom. The molecule has 0 bridgehead atoms. The van der Waals surface area contributed by atoms with E-state index in [1.54, 1.807) is 18.2 Å². The maximum atomic E-state index is 12.4. The van der Waals surface area contributed by atoms with Crippen LogP contribution in [0.4, 0.5) is 11.4 Å². The number of rotatable bonds is 3. The van der Waals surface area contributed by atoms with Crippen molar-refractivity contribution in [3.8, 4) is 6.07 Å². The molecule has 2 aromatic rings. The highest BCUT2D eigenvalue weighted by Gasteiger charge is 2.16. The maximum Gasteiger partial charge on any atom is 0.261 e. The van der Waals surface area contributed by atoms with Gasteiger partial charge < -0.3 is 5.32 Å². The minimum Gasteiger partial charge on any atom is -0.385 e. The Balaban J connectivity index is 1.89. The van der Waals surface area contributed by atoms with Gasteiger partial charge in [0.25, 0.3) is 10.0 Å². The van der Waals surface area contributed by atoms with Crippen molar-refractivity contribution in [2.24, 2.45) is 0 Å². The zero-order valence-electron chi connectivity index (χ0n) is 11.8. The van der Waals surface area contributed by atoms with Crippen molar-refractivity contribution < 1.29 is 8.42 Å². The highest BCUT2D eigenvalue weighted by molar-refractivity contribution is 7.92. The van der Waals surface area contributed by atoms with Gasteiger partial charge in [0.05, 0.1) is 16.5 Å². The van der Waals surface area contributed by atoms with Crippen LogP contribution in [0.25, 0.3) is 0 Å². The summed E-state index contributed by atoms with van der Waals surface area (Å²) < 4.78 is 27.4. The molecule has 1 aliphatic rings. The zero-order chi connectivity index (χ0) is 15.6. The molecule has 0 aliphatic carbocycles. The number of aryl methyl sites for hydroxylation is 1. The van der Waals surface area contributed by atoms with E-state index in [1.165, 1.54) is 12.1 Å². The van der Waals surface area contributed by atoms with Crippen LogP contribution in [-0.4, -0.2) is 15.0 Å². The van der Waals surface area contributed by atoms with Gasteiger partial charge in [-0.2, -0.15) is 5.26 Å². The van der Waals surface area contributed by atoms with Crippen LogP contribution < -0.4 is 10.0 Å². The number of anilines is 2. The summed E-state index contributed by atoms with van der Waals surface area (Å²) in [7, 11) is -3.69. The first-order valence-corrected chi connectivity index (χ1v) is 8.46. The minimum absolute atomic E-state index is 0.0856. The van der Waals surface area contributed by atoms with Gasteiger partial charge in [0, 0.05) is 17.9 Å². The van der Waals surface area contributed by atoms with Crippen LogP contribution in [0.1, 0.15) is 17.5 Å². The molecule has 3 rings (SSSR count). The minimum atomic E-state index is -3.69. The SMILES string of the molecule is N#Cc1cccc(S(=O)(=O)Nc2ccc3c(c2)CCCN3)c1. The first-order valence-electron chi connectivity index (χ1n) is 6.98. The third kappa shape index (κ3) is 2.90. The number of sulfonamides is 1. The molecule has 0 atom stereocenters. The van der Waals surface area contributed by atoms with Crippen molar-refractivity contribution in [2.75, 3.05) is 16.6 Å². The number of nitriles is 1. The van der Waals surface area contributed by atoms with Crippen LogP contribution in [0.5, 0.6) is 0 Å². The number of nitrogens with zero attached hydrogens (tertiary/aromatic N) is 1. The highest BCUT2D eigenvalue weighted by atomic mass is 32.2. The van der Waals surface area contributed by atoms with Gasteiger partial charge in [-0.15, -0.1) is 0 Å². The molecular formula is C16H15N3O2S. The lowest BCUT2D eigenvalue weighted by Crippen LogP contribution is -2.15. The molecule has 1 aliphatic heterocycles. The Labute approximate surface area is 129 Å². The Morgan fingerprint density at radius 2 is 2.05 bits per heavy atom. The molecule has 0 amide bonds. The van der Waals surface area contributed by atoms with Gasteiger partial charge in [-0.25, -0.2) is 8.42 Å². The van der Waals surface area contributed by atoms with Gasteiger partial charge in [-0.05, 0) is 54.8 Å². The monoisotopic (exact) mass is 313 g/mol. The standard InChI is InChI=1S/C16H15N3O2S/c17-11-12-3-1-5-15(9-12)22(20,21)19-14-6-7-16-13(10-14)4-2-8-18-16/h1,3,5-7,9-10,18-19H,2,4,8H2. The summed E-state index contributed by atoms with van der Waals surface area (Å²) in [5.74, 6) is 0. The average Bonchev–Trinajstić information content (AvgIpc) is 2.54. The molecule has 6 heteroatoms. The summed E-state index contributed by atoms with van der Waals surface area (Å²) in [6.07, 6.45) is 1.97. The van der Waals surface area contributed by atoms with Gasteiger partial charge in [0.15, 0.2) is 0 Å². The largest absolute Gasteiger partial charge is 0.385 e. The molecule has 0 saturated heterocycles. The van der Waals surface area contributed by atoms with Gasteiger partial charge in [-0.1, -0.05) is 6.07 Å². The van der Waals surface area contributed by atoms with E-state index in [2.05, 4.69) is 10.0 Å². The lowest BCUT2D eigenvalue weighted by molar-refractivity contribution is 0.601. The number of hydrogen-bond donors (Lipinski definition) is 2. The topological polar surface area (TPSA) is 82.0 Å². The smallest absolute Gasteiger partial charge is 0.261 e. The molecule has 5 nitrogen and oxygen atoms in total. The zero-order valence-corrected chi connectivity index (χ0v) is 12.7. The molecular weight excluding hydrogens is 298 g/mol. The van der Waals surface area contributed by atoms with E-state index in [0.29, 0.717) is 11.3 Å². The van der Waals surface area contributed by atoms with E-state index in [-0.39, 0.29) is 4.90 Å². The average molecular weight is 313 g/mol. The fourth-order valence-electron chi connectivity index (χ4n) is 2.49. The number of nitrogens with one attached hydrogen (secondary N) is 2. The summed E-state index contributed by atoms with van der Waals surface area (Å²) in [6, 6.07) is 13.4. The van der Waals surface area contributed by atoms with Crippen molar-refractivity contribution in [2.45, 2.75) is 17.7 Å². The first-order chi connectivity index (χ1) is 10.6. The fourth-order valence-corrected chi connectivity index (χ4v) is 3.58. The van der Waals surface area contributed by atoms with Crippen molar-refractivity contribution >= 4 is 21.4 Å². The van der Waals surface area contributed by atoms with Gasteiger partial charge in [0.1, 0.15) is 0 Å². The molecule has 0 radical (unpaired) electrons. The summed E-state index contributed by atoms with van der Waals surface area (Å²) >= 11 is 0. The quantitative estimate of drug-likeness (QED) is 0.913. The molecule has 0 spiro atoms. The third-order valence-corrected chi connectivity index (χ3v) is 4.95. The van der Waals surface area contributed by atoms with E-state index in [1.807, 2.05) is 18.2 Å². The van der Waals surface area contributed by atoms with E-state index in [0.717, 1.165) is 30.6 Å². The second kappa shape index (κ2) is 5.70. The Morgan fingerprint density at radius 1 is 1.18 bits per heavy atom. The molecule has 0 aromatic heterocycles. The van der Waals surface area contributed by atoms with Crippen LogP contribution in [0.15, 0.2) is 47.4 Å². The third-order valence-electron chi connectivity index (χ3n) is 3.57. The molecule has 22 heavy (non-hydrogen) atoms. The first kappa shape index (κ1) is 14.4. The Hall–Kier alpha value is -2.52. The van der Waals surface area contributed by atoms with Crippen molar-refractivity contribution in [1.82, 2.24) is 0 Å². The Bertz CT molecular complexity index is 854. The molecule has 2 N–H and O–H groups in total. The molecule has 0 fully saturated rings. The van der Waals surface area contributed by atoms with Gasteiger partial charge in [-0.3, -0.25) is 4.72 Å². The second-order valence-corrected chi connectivity index (χ2v) is 6.83. The summed E-state index contributed by atoms with van der Waals surface area (Å²) in [6.45, 7) is 0.943. The fraction of sp³-hybridized carbons (Fsp3) is 0.188. The number of hydrogen-bond acceptors (Lipinski definition) is 4. The highest BCUT2D eigenvalue weighted by Crippen LogP contribution is 2.26. The molecule has 112 valence electrons. The lowest BCUT2D eigenvalue weighted by Gasteiger charge is -2.19. The lowest BCUT2D eigenvalue weighted by atomic mass is 10.0. The van der Waals surface area contributed by atoms with Crippen LogP contribution >= 0.6 is 0 Å². The summed E-state index contributed by atoms with van der Waals surface area (Å²) in [4.78, 5) is 0.0856. The predicted octanol–water partition coefficient (Wildman–Crippen LogP) is 2.72. The van der Waals surface area contributed by atoms with E-state index in [9.17, 15) is 8.42 Å². The molecule has 2 aromatic carbocycles. The summed E-state index contributed by atoms with van der Waals surface area (Å²) in [5.41, 5.74) is 3.01. The normalized spacial score (nSPS) is 13.6. The van der Waals surface area contributed by atoms with E-state index in [4.69, 9.17) is 5.26 Å². The number of benzene rings is 2. The van der Waals surface area contributed by atoms with Crippen LogP contribution in [0, 0.1) is 11.3 Å². The summed E-state index contributed by atoms with van der Waals surface area (Å²) in [5, 5.41) is 12.2. The molecule has 1 heterocycles. The van der Waals surface area contributed by atoms with E-state index < -0.39 is 10.0 Å². The van der Waals surface area contributed by atoms with Crippen LogP contribution in [-0.2, 0) is 16.4 Å². The van der Waals surface area contributed by atoms with E-state index >= 15 is 0 Å². The molecule has 0 unspecified atom stereocenters. The maximum absolute atomic E-state index is 12.4. The van der Waals surface area contributed by atoms with Crippen molar-refractivity contribution in [3.05, 3.63) is 53.6 Å². The van der Waals surface area contributed by atoms with Crippen molar-refractivity contribution in [1.29, 1.82) is 5.26 Å². The molecule has 0 saturated carbocycles. The Kier molecular flexibility index (Phi) is 3.73. The second-order valence-electron chi connectivity index (χ2n) is 5.15. The van der Waals surface area contributed by atoms with Crippen molar-refractivity contribution in [3.63, 3.8) is 0 Å². The van der Waals surface area contributed by atoms with Crippen LogP contribution in [0.2, 0.25) is 0 Å². The van der Waals surface area contributed by atoms with Gasteiger partial charge >= 0.3 is 0 Å². The predicted molar refractivity (Wildman–Crippen MR) is 85.2 cm³/mol. The van der Waals surface area contributed by atoms with Crippen LogP contribution in [0.3, 0.4) is 0 Å². The number of fused-ring (bicyclic) bond motifs is 1.